The highest BCUT2D eigenvalue weighted by Crippen LogP contribution is 2.52. The van der Waals surface area contributed by atoms with E-state index in [-0.39, 0.29) is 24.6 Å². The molecule has 3 saturated carbocycles. The van der Waals surface area contributed by atoms with Crippen LogP contribution in [0.25, 0.3) is 10.9 Å². The number of alkyl halides is 1. The van der Waals surface area contributed by atoms with Crippen molar-refractivity contribution < 1.29 is 13.5 Å². The number of fused-ring (bicyclic) bond motifs is 5. The molecule has 1 aromatic carbocycles. The highest BCUT2D eigenvalue weighted by Gasteiger charge is 2.48. The van der Waals surface area contributed by atoms with Crippen LogP contribution in [-0.4, -0.2) is 64.3 Å². The van der Waals surface area contributed by atoms with Crippen LogP contribution in [-0.2, 0) is 6.42 Å². The molecule has 2 aromatic heterocycles. The second-order valence-electron chi connectivity index (χ2n) is 11.8. The van der Waals surface area contributed by atoms with E-state index in [0.717, 1.165) is 43.2 Å². The maximum atomic E-state index is 15.9. The van der Waals surface area contributed by atoms with E-state index in [4.69, 9.17) is 9.72 Å². The van der Waals surface area contributed by atoms with Crippen LogP contribution in [0, 0.1) is 17.7 Å². The summed E-state index contributed by atoms with van der Waals surface area (Å²) in [4.78, 5) is 13.2. The van der Waals surface area contributed by atoms with Crippen LogP contribution in [0.4, 0.5) is 8.78 Å². The fraction of sp³-hybridized carbons (Fsp3) is 0.567. The zero-order chi connectivity index (χ0) is 25.1. The number of pyridine rings is 1. The standard InChI is InChI=1S/C30H36F2N4O/c1-18-11-24-23-5-2-3-6-26(23)34-28(24)30(36(18)27-8-7-19-12-20(27)13-19)29-25(32)14-21(15-33-29)37-22-16-35(17-22)10-4-9-31/h2-3,5-6,14-15,18-20,22,27,30,34H,4,7-13,16-17H2,1H3/t18-,19?,20?,27-,30+/m1/s1. The van der Waals surface area contributed by atoms with Crippen molar-refractivity contribution in [3.63, 3.8) is 0 Å². The second kappa shape index (κ2) is 9.35. The molecule has 0 spiro atoms. The normalized spacial score (nSPS) is 30.1. The lowest BCUT2D eigenvalue weighted by atomic mass is 9.61. The number of rotatable bonds is 7. The topological polar surface area (TPSA) is 44.4 Å². The number of hydrogen-bond acceptors (Lipinski definition) is 4. The Morgan fingerprint density at radius 1 is 1.16 bits per heavy atom. The molecule has 5 nitrogen and oxygen atoms in total. The van der Waals surface area contributed by atoms with Crippen LogP contribution in [0.5, 0.6) is 5.75 Å². The second-order valence-corrected chi connectivity index (χ2v) is 11.8. The molecular formula is C30H36F2N4O. The zero-order valence-corrected chi connectivity index (χ0v) is 21.5. The molecule has 0 amide bonds. The van der Waals surface area contributed by atoms with Gasteiger partial charge in [0.15, 0.2) is 0 Å². The van der Waals surface area contributed by atoms with Crippen molar-refractivity contribution in [3.8, 4) is 5.75 Å². The lowest BCUT2D eigenvalue weighted by Gasteiger charge is -2.55. The van der Waals surface area contributed by atoms with Crippen molar-refractivity contribution in [2.75, 3.05) is 26.3 Å². The maximum absolute atomic E-state index is 15.9. The zero-order valence-electron chi connectivity index (χ0n) is 21.5. The van der Waals surface area contributed by atoms with Crippen LogP contribution >= 0.6 is 0 Å². The molecule has 1 saturated heterocycles. The molecule has 0 unspecified atom stereocenters. The van der Waals surface area contributed by atoms with E-state index in [1.54, 1.807) is 6.20 Å². The predicted molar refractivity (Wildman–Crippen MR) is 140 cm³/mol. The minimum Gasteiger partial charge on any atom is -0.486 e. The average molecular weight is 507 g/mol. The van der Waals surface area contributed by atoms with Crippen molar-refractivity contribution in [3.05, 3.63) is 59.3 Å². The summed E-state index contributed by atoms with van der Waals surface area (Å²) in [5.41, 5.74) is 4.01. The minimum absolute atomic E-state index is 0.00646. The van der Waals surface area contributed by atoms with Gasteiger partial charge in [-0.3, -0.25) is 19.2 Å². The monoisotopic (exact) mass is 506 g/mol. The van der Waals surface area contributed by atoms with E-state index in [0.29, 0.717) is 35.9 Å². The predicted octanol–water partition coefficient (Wildman–Crippen LogP) is 5.65. The van der Waals surface area contributed by atoms with Crippen molar-refractivity contribution >= 4 is 10.9 Å². The molecule has 3 aromatic rings. The number of benzene rings is 1. The first-order valence-electron chi connectivity index (χ1n) is 14.1. The van der Waals surface area contributed by atoms with Gasteiger partial charge >= 0.3 is 0 Å². The largest absolute Gasteiger partial charge is 0.486 e. The van der Waals surface area contributed by atoms with Gasteiger partial charge in [0.05, 0.1) is 24.6 Å². The van der Waals surface area contributed by atoms with Gasteiger partial charge in [0.25, 0.3) is 0 Å². The number of nitrogens with zero attached hydrogens (tertiary/aromatic N) is 3. The summed E-state index contributed by atoms with van der Waals surface area (Å²) in [5, 5.41) is 1.24. The first-order chi connectivity index (χ1) is 18.1. The third kappa shape index (κ3) is 4.06. The lowest BCUT2D eigenvalue weighted by Crippen LogP contribution is -2.56. The molecular weight excluding hydrogens is 470 g/mol. The van der Waals surface area contributed by atoms with Crippen LogP contribution in [0.15, 0.2) is 36.5 Å². The molecule has 8 rings (SSSR count). The third-order valence-corrected chi connectivity index (χ3v) is 9.43. The Kier molecular flexibility index (Phi) is 5.96. The van der Waals surface area contributed by atoms with E-state index < -0.39 is 0 Å². The van der Waals surface area contributed by atoms with Gasteiger partial charge in [-0.1, -0.05) is 18.2 Å². The highest BCUT2D eigenvalue weighted by atomic mass is 19.1. The Balaban J connectivity index is 1.21. The van der Waals surface area contributed by atoms with E-state index >= 15 is 4.39 Å². The van der Waals surface area contributed by atoms with Crippen molar-refractivity contribution in [1.82, 2.24) is 19.8 Å². The number of aromatic amines is 1. The van der Waals surface area contributed by atoms with Gasteiger partial charge < -0.3 is 9.72 Å². The molecule has 7 heteroatoms. The smallest absolute Gasteiger partial charge is 0.150 e. The van der Waals surface area contributed by atoms with Gasteiger partial charge in [-0.2, -0.15) is 0 Å². The molecule has 5 aliphatic rings. The van der Waals surface area contributed by atoms with Gasteiger partial charge in [-0.25, -0.2) is 4.39 Å². The summed E-state index contributed by atoms with van der Waals surface area (Å²) in [6.45, 7) is 4.26. The van der Waals surface area contributed by atoms with E-state index in [2.05, 4.69) is 46.0 Å². The number of para-hydroxylation sites is 1. The van der Waals surface area contributed by atoms with Crippen LogP contribution in [0.1, 0.15) is 62.0 Å². The first-order valence-corrected chi connectivity index (χ1v) is 14.1. The number of ether oxygens (including phenoxy) is 1. The van der Waals surface area contributed by atoms with Gasteiger partial charge in [-0.15, -0.1) is 0 Å². The number of H-pyrrole nitrogens is 1. The molecule has 2 aliphatic heterocycles. The fourth-order valence-corrected chi connectivity index (χ4v) is 7.60. The summed E-state index contributed by atoms with van der Waals surface area (Å²) in [6, 6.07) is 10.5. The quantitative estimate of drug-likeness (QED) is 0.450. The van der Waals surface area contributed by atoms with E-state index in [1.165, 1.54) is 42.7 Å². The van der Waals surface area contributed by atoms with Crippen molar-refractivity contribution in [2.45, 2.75) is 69.7 Å². The first kappa shape index (κ1) is 23.6. The Labute approximate surface area is 217 Å². The number of halogens is 2. The summed E-state index contributed by atoms with van der Waals surface area (Å²) in [5.74, 6) is 1.78. The molecule has 37 heavy (non-hydrogen) atoms. The molecule has 3 atom stereocenters. The van der Waals surface area contributed by atoms with Crippen LogP contribution < -0.4 is 4.74 Å². The number of aromatic nitrogens is 2. The molecule has 0 radical (unpaired) electrons. The van der Waals surface area contributed by atoms with E-state index in [1.807, 2.05) is 0 Å². The highest BCUT2D eigenvalue weighted by molar-refractivity contribution is 5.85. The third-order valence-electron chi connectivity index (χ3n) is 9.43. The van der Waals surface area contributed by atoms with Gasteiger partial charge in [0.1, 0.15) is 17.7 Å². The summed E-state index contributed by atoms with van der Waals surface area (Å²) >= 11 is 0. The molecule has 196 valence electrons. The van der Waals surface area contributed by atoms with Crippen LogP contribution in [0.2, 0.25) is 0 Å². The summed E-state index contributed by atoms with van der Waals surface area (Å²) in [7, 11) is 0. The maximum Gasteiger partial charge on any atom is 0.150 e. The number of nitrogens with one attached hydrogen (secondary N) is 1. The molecule has 1 N–H and O–H groups in total. The van der Waals surface area contributed by atoms with Crippen LogP contribution in [0.3, 0.4) is 0 Å². The molecule has 3 aliphatic carbocycles. The van der Waals surface area contributed by atoms with E-state index in [9.17, 15) is 4.39 Å². The van der Waals surface area contributed by atoms with Crippen molar-refractivity contribution in [2.24, 2.45) is 11.8 Å². The molecule has 4 heterocycles. The van der Waals surface area contributed by atoms with Gasteiger partial charge in [-0.05, 0) is 68.9 Å². The Hall–Kier alpha value is -2.51. The summed E-state index contributed by atoms with van der Waals surface area (Å²) < 4.78 is 34.4. The van der Waals surface area contributed by atoms with Crippen molar-refractivity contribution in [1.29, 1.82) is 0 Å². The summed E-state index contributed by atoms with van der Waals surface area (Å²) in [6.07, 6.45) is 8.31. The van der Waals surface area contributed by atoms with Gasteiger partial charge in [0, 0.05) is 54.4 Å². The number of likely N-dealkylation sites (tertiary alicyclic amines) is 1. The number of hydrogen-bond donors (Lipinski definition) is 1. The average Bonchev–Trinajstić information content (AvgIpc) is 3.22. The Morgan fingerprint density at radius 3 is 2.76 bits per heavy atom. The Bertz CT molecular complexity index is 1280. The molecule has 4 fully saturated rings. The lowest BCUT2D eigenvalue weighted by molar-refractivity contribution is -0.0370. The minimum atomic E-state index is -0.304. The molecule has 2 bridgehead atoms. The van der Waals surface area contributed by atoms with Gasteiger partial charge in [0.2, 0.25) is 0 Å². The SMILES string of the molecule is C[C@@H]1Cc2c([nH]c3ccccc23)[C@@H](c2ncc(OC3CN(CCCF)C3)cc2F)N1[C@@H]1CCC2CC1C2. The Morgan fingerprint density at radius 2 is 2.00 bits per heavy atom. The fourth-order valence-electron chi connectivity index (χ4n) is 7.60.